The van der Waals surface area contributed by atoms with Gasteiger partial charge in [-0.05, 0) is 41.1 Å². The summed E-state index contributed by atoms with van der Waals surface area (Å²) >= 11 is 2.79. The highest BCUT2D eigenvalue weighted by Gasteiger charge is 2.17. The van der Waals surface area contributed by atoms with Crippen molar-refractivity contribution in [2.24, 2.45) is 0 Å². The normalized spacial score (nSPS) is 10.3. The molecule has 0 spiro atoms. The first kappa shape index (κ1) is 13.4. The van der Waals surface area contributed by atoms with Crippen molar-refractivity contribution >= 4 is 15.9 Å². The standard InChI is InChI=1S/C13H7BrF2N2O/c1-6-4-8(9(5-17)13(19)18-6)7-2-3-10(15)11(14)12(7)16/h2-4H,1H3,(H,18,19). The Labute approximate surface area is 115 Å². The van der Waals surface area contributed by atoms with E-state index < -0.39 is 17.2 Å². The lowest BCUT2D eigenvalue weighted by atomic mass is 10.0. The molecule has 19 heavy (non-hydrogen) atoms. The first-order chi connectivity index (χ1) is 8.95. The summed E-state index contributed by atoms with van der Waals surface area (Å²) in [6.45, 7) is 1.61. The Morgan fingerprint density at radius 3 is 2.63 bits per heavy atom. The second-order valence-corrected chi connectivity index (χ2v) is 4.70. The van der Waals surface area contributed by atoms with Gasteiger partial charge in [-0.1, -0.05) is 0 Å². The first-order valence-corrected chi connectivity index (χ1v) is 6.03. The largest absolute Gasteiger partial charge is 0.325 e. The van der Waals surface area contributed by atoms with Crippen LogP contribution >= 0.6 is 15.9 Å². The maximum absolute atomic E-state index is 14.0. The minimum atomic E-state index is -0.846. The summed E-state index contributed by atoms with van der Waals surface area (Å²) in [5.41, 5.74) is -0.180. The average molecular weight is 325 g/mol. The van der Waals surface area contributed by atoms with E-state index in [0.29, 0.717) is 5.69 Å². The average Bonchev–Trinajstić information content (AvgIpc) is 2.35. The Morgan fingerprint density at radius 2 is 2.00 bits per heavy atom. The van der Waals surface area contributed by atoms with Crippen molar-refractivity contribution in [3.05, 3.63) is 55.9 Å². The maximum atomic E-state index is 14.0. The third-order valence-corrected chi connectivity index (χ3v) is 3.33. The Bertz CT molecular complexity index is 762. The van der Waals surface area contributed by atoms with Crippen molar-refractivity contribution in [2.75, 3.05) is 0 Å². The topological polar surface area (TPSA) is 56.6 Å². The van der Waals surface area contributed by atoms with E-state index in [1.54, 1.807) is 13.0 Å². The van der Waals surface area contributed by atoms with Crippen molar-refractivity contribution in [1.29, 1.82) is 5.26 Å². The van der Waals surface area contributed by atoms with Crippen molar-refractivity contribution in [3.8, 4) is 17.2 Å². The van der Waals surface area contributed by atoms with E-state index in [0.717, 1.165) is 6.07 Å². The lowest BCUT2D eigenvalue weighted by Crippen LogP contribution is -2.13. The number of hydrogen-bond acceptors (Lipinski definition) is 2. The van der Waals surface area contributed by atoms with Crippen LogP contribution in [-0.4, -0.2) is 4.98 Å². The first-order valence-electron chi connectivity index (χ1n) is 5.23. The number of nitrogens with one attached hydrogen (secondary N) is 1. The minimum absolute atomic E-state index is 0.000903. The van der Waals surface area contributed by atoms with Crippen LogP contribution in [0.5, 0.6) is 0 Å². The molecule has 0 aliphatic carbocycles. The maximum Gasteiger partial charge on any atom is 0.266 e. The van der Waals surface area contributed by atoms with Gasteiger partial charge in [0.25, 0.3) is 5.56 Å². The van der Waals surface area contributed by atoms with Gasteiger partial charge in [-0.15, -0.1) is 0 Å². The number of halogens is 3. The Hall–Kier alpha value is -2.00. The minimum Gasteiger partial charge on any atom is -0.325 e. The van der Waals surface area contributed by atoms with E-state index in [1.807, 2.05) is 0 Å². The van der Waals surface area contributed by atoms with Gasteiger partial charge in [-0.2, -0.15) is 5.26 Å². The van der Waals surface area contributed by atoms with E-state index in [4.69, 9.17) is 5.26 Å². The summed E-state index contributed by atoms with van der Waals surface area (Å²) in [5.74, 6) is -1.59. The quantitative estimate of drug-likeness (QED) is 0.818. The molecule has 1 aromatic heterocycles. The van der Waals surface area contributed by atoms with Crippen molar-refractivity contribution in [1.82, 2.24) is 4.98 Å². The number of rotatable bonds is 1. The third-order valence-electron chi connectivity index (χ3n) is 2.61. The van der Waals surface area contributed by atoms with Gasteiger partial charge < -0.3 is 4.98 Å². The Kier molecular flexibility index (Phi) is 3.49. The van der Waals surface area contributed by atoms with Gasteiger partial charge in [-0.3, -0.25) is 4.79 Å². The van der Waals surface area contributed by atoms with Crippen LogP contribution in [0.4, 0.5) is 8.78 Å². The van der Waals surface area contributed by atoms with E-state index in [2.05, 4.69) is 20.9 Å². The molecule has 96 valence electrons. The molecule has 1 heterocycles. The zero-order valence-corrected chi connectivity index (χ0v) is 11.3. The number of aryl methyl sites for hydroxylation is 1. The second kappa shape index (κ2) is 4.94. The molecule has 0 bridgehead atoms. The molecule has 0 amide bonds. The number of nitriles is 1. The summed E-state index contributed by atoms with van der Waals surface area (Å²) in [4.78, 5) is 14.1. The molecule has 1 aromatic carbocycles. The predicted molar refractivity (Wildman–Crippen MR) is 69.6 cm³/mol. The van der Waals surface area contributed by atoms with E-state index in [-0.39, 0.29) is 21.2 Å². The van der Waals surface area contributed by atoms with Gasteiger partial charge in [0.15, 0.2) is 0 Å². The van der Waals surface area contributed by atoms with Crippen LogP contribution in [0, 0.1) is 29.9 Å². The van der Waals surface area contributed by atoms with Gasteiger partial charge in [0, 0.05) is 16.8 Å². The fourth-order valence-electron chi connectivity index (χ4n) is 1.75. The molecular weight excluding hydrogens is 318 g/mol. The summed E-state index contributed by atoms with van der Waals surface area (Å²) in [7, 11) is 0. The third kappa shape index (κ3) is 2.29. The molecule has 0 atom stereocenters. The summed E-state index contributed by atoms with van der Waals surface area (Å²) < 4.78 is 26.9. The molecule has 0 saturated heterocycles. The smallest absolute Gasteiger partial charge is 0.266 e. The lowest BCUT2D eigenvalue weighted by molar-refractivity contribution is 0.574. The molecule has 0 unspecified atom stereocenters. The summed E-state index contributed by atoms with van der Waals surface area (Å²) in [6.07, 6.45) is 0. The molecule has 0 aliphatic heterocycles. The van der Waals surface area contributed by atoms with Crippen molar-refractivity contribution < 1.29 is 8.78 Å². The fraction of sp³-hybridized carbons (Fsp3) is 0.0769. The van der Waals surface area contributed by atoms with Gasteiger partial charge in [0.1, 0.15) is 23.3 Å². The molecule has 1 N–H and O–H groups in total. The number of H-pyrrole nitrogens is 1. The van der Waals surface area contributed by atoms with Crippen LogP contribution in [-0.2, 0) is 0 Å². The highest BCUT2D eigenvalue weighted by molar-refractivity contribution is 9.10. The molecule has 3 nitrogen and oxygen atoms in total. The summed E-state index contributed by atoms with van der Waals surface area (Å²) in [5, 5.41) is 8.99. The van der Waals surface area contributed by atoms with Crippen molar-refractivity contribution in [2.45, 2.75) is 6.92 Å². The molecule has 0 saturated carbocycles. The second-order valence-electron chi connectivity index (χ2n) is 3.90. The lowest BCUT2D eigenvalue weighted by Gasteiger charge is -2.08. The number of aromatic amines is 1. The Morgan fingerprint density at radius 1 is 1.32 bits per heavy atom. The number of hydrogen-bond donors (Lipinski definition) is 1. The van der Waals surface area contributed by atoms with Crippen molar-refractivity contribution in [3.63, 3.8) is 0 Å². The molecular formula is C13H7BrF2N2O. The fourth-order valence-corrected chi connectivity index (χ4v) is 2.09. The zero-order chi connectivity index (χ0) is 14.2. The van der Waals surface area contributed by atoms with Gasteiger partial charge >= 0.3 is 0 Å². The number of nitrogens with zero attached hydrogens (tertiary/aromatic N) is 1. The van der Waals surface area contributed by atoms with Crippen LogP contribution in [0.25, 0.3) is 11.1 Å². The van der Waals surface area contributed by atoms with Crippen LogP contribution in [0.1, 0.15) is 11.3 Å². The zero-order valence-electron chi connectivity index (χ0n) is 9.72. The van der Waals surface area contributed by atoms with Gasteiger partial charge in [-0.25, -0.2) is 8.78 Å². The molecule has 0 radical (unpaired) electrons. The monoisotopic (exact) mass is 324 g/mol. The van der Waals surface area contributed by atoms with E-state index in [1.165, 1.54) is 12.1 Å². The molecule has 2 aromatic rings. The van der Waals surface area contributed by atoms with Crippen LogP contribution in [0.3, 0.4) is 0 Å². The van der Waals surface area contributed by atoms with E-state index in [9.17, 15) is 13.6 Å². The summed E-state index contributed by atoms with van der Waals surface area (Å²) in [6, 6.07) is 5.47. The molecule has 0 aliphatic rings. The molecule has 2 rings (SSSR count). The molecule has 6 heteroatoms. The van der Waals surface area contributed by atoms with Gasteiger partial charge in [0.2, 0.25) is 0 Å². The predicted octanol–water partition coefficient (Wildman–Crippen LogP) is 3.26. The van der Waals surface area contributed by atoms with Crippen LogP contribution in [0.2, 0.25) is 0 Å². The SMILES string of the molecule is Cc1cc(-c2ccc(F)c(Br)c2F)c(C#N)c(=O)[nH]1. The highest BCUT2D eigenvalue weighted by Crippen LogP contribution is 2.31. The Balaban J connectivity index is 2.84. The van der Waals surface area contributed by atoms with Crippen LogP contribution < -0.4 is 5.56 Å². The van der Waals surface area contributed by atoms with E-state index >= 15 is 0 Å². The number of aromatic nitrogens is 1. The highest BCUT2D eigenvalue weighted by atomic mass is 79.9. The molecule has 0 fully saturated rings. The van der Waals surface area contributed by atoms with Crippen LogP contribution in [0.15, 0.2) is 27.5 Å². The number of benzene rings is 1. The number of pyridine rings is 1. The van der Waals surface area contributed by atoms with Gasteiger partial charge in [0.05, 0.1) is 4.47 Å².